The van der Waals surface area contributed by atoms with Gasteiger partial charge >= 0.3 is 5.97 Å². The Bertz CT molecular complexity index is 1310. The molecule has 6 nitrogen and oxygen atoms in total. The molecular formula is C33H41F2N3O3. The quantitative estimate of drug-likeness (QED) is 0.249. The molecule has 0 unspecified atom stereocenters. The Morgan fingerprint density at radius 1 is 0.951 bits per heavy atom. The fraction of sp³-hybridized carbons (Fsp3) is 0.394. The van der Waals surface area contributed by atoms with Crippen molar-refractivity contribution < 1.29 is 23.1 Å². The predicted octanol–water partition coefficient (Wildman–Crippen LogP) is 5.59. The van der Waals surface area contributed by atoms with E-state index in [0.29, 0.717) is 24.2 Å². The Labute approximate surface area is 241 Å². The number of unbranched alkanes of at least 4 members (excludes halogenated alkanes) is 1. The molecule has 8 heteroatoms. The number of halogens is 2. The second kappa shape index (κ2) is 15.4. The molecular weight excluding hydrogens is 524 g/mol. The molecule has 3 rings (SSSR count). The van der Waals surface area contributed by atoms with Gasteiger partial charge in [0.1, 0.15) is 17.7 Å². The Hall–Kier alpha value is -3.62. The third-order valence-electron chi connectivity index (χ3n) is 6.96. The van der Waals surface area contributed by atoms with Gasteiger partial charge in [-0.05, 0) is 78.8 Å². The summed E-state index contributed by atoms with van der Waals surface area (Å²) < 4.78 is 33.5. The molecule has 0 aliphatic carbocycles. The van der Waals surface area contributed by atoms with Crippen LogP contribution < -0.4 is 11.1 Å². The SMILES string of the molecule is CCCCN(C)C(=O)c1cc(C)cc(C(=O)O[C@H](CNCc2cccc(CC)c2)[C@@H](N)Cc2cc(F)cc(F)c2)c1. The van der Waals surface area contributed by atoms with Crippen molar-refractivity contribution in [3.63, 3.8) is 0 Å². The summed E-state index contributed by atoms with van der Waals surface area (Å²) in [5, 5.41) is 3.31. The first-order chi connectivity index (χ1) is 19.6. The second-order valence-electron chi connectivity index (χ2n) is 10.6. The molecule has 0 spiro atoms. The van der Waals surface area contributed by atoms with E-state index in [9.17, 15) is 18.4 Å². The van der Waals surface area contributed by atoms with E-state index in [-0.39, 0.29) is 24.4 Å². The minimum absolute atomic E-state index is 0.0966. The van der Waals surface area contributed by atoms with Crippen LogP contribution in [0.2, 0.25) is 0 Å². The smallest absolute Gasteiger partial charge is 0.338 e. The van der Waals surface area contributed by atoms with Crippen molar-refractivity contribution in [3.05, 3.63) is 106 Å². The number of rotatable bonds is 14. The van der Waals surface area contributed by atoms with E-state index in [2.05, 4.69) is 31.3 Å². The average Bonchev–Trinajstić information content (AvgIpc) is 2.94. The molecule has 0 bridgehead atoms. The highest BCUT2D eigenvalue weighted by Crippen LogP contribution is 2.17. The maximum Gasteiger partial charge on any atom is 0.338 e. The van der Waals surface area contributed by atoms with Crippen LogP contribution in [0.3, 0.4) is 0 Å². The van der Waals surface area contributed by atoms with Crippen molar-refractivity contribution >= 4 is 11.9 Å². The van der Waals surface area contributed by atoms with Gasteiger partial charge in [0.25, 0.3) is 5.91 Å². The van der Waals surface area contributed by atoms with Gasteiger partial charge in [-0.1, -0.05) is 44.5 Å². The van der Waals surface area contributed by atoms with Gasteiger partial charge in [0.2, 0.25) is 0 Å². The van der Waals surface area contributed by atoms with Gasteiger partial charge in [-0.3, -0.25) is 4.79 Å². The third kappa shape index (κ3) is 9.76. The largest absolute Gasteiger partial charge is 0.456 e. The van der Waals surface area contributed by atoms with Crippen LogP contribution in [-0.4, -0.2) is 49.1 Å². The Balaban J connectivity index is 1.79. The van der Waals surface area contributed by atoms with E-state index in [1.807, 2.05) is 19.1 Å². The molecule has 0 aromatic heterocycles. The van der Waals surface area contributed by atoms with Crippen molar-refractivity contribution in [2.75, 3.05) is 20.1 Å². The number of ether oxygens (including phenoxy) is 1. The molecule has 3 N–H and O–H groups in total. The number of hydrogen-bond donors (Lipinski definition) is 2. The number of nitrogens with one attached hydrogen (secondary N) is 1. The van der Waals surface area contributed by atoms with Gasteiger partial charge in [0.15, 0.2) is 0 Å². The number of hydrogen-bond acceptors (Lipinski definition) is 5. The maximum absolute atomic E-state index is 13.8. The van der Waals surface area contributed by atoms with Crippen molar-refractivity contribution in [1.82, 2.24) is 10.2 Å². The summed E-state index contributed by atoms with van der Waals surface area (Å²) >= 11 is 0. The lowest BCUT2D eigenvalue weighted by Crippen LogP contribution is -2.46. The minimum Gasteiger partial charge on any atom is -0.456 e. The zero-order valence-corrected chi connectivity index (χ0v) is 24.4. The molecule has 0 heterocycles. The minimum atomic E-state index is -0.810. The fourth-order valence-electron chi connectivity index (χ4n) is 4.68. The monoisotopic (exact) mass is 565 g/mol. The number of nitrogens with zero attached hydrogens (tertiary/aromatic N) is 1. The Morgan fingerprint density at radius 2 is 1.63 bits per heavy atom. The van der Waals surface area contributed by atoms with Gasteiger partial charge in [-0.25, -0.2) is 13.6 Å². The topological polar surface area (TPSA) is 84.7 Å². The second-order valence-corrected chi connectivity index (χ2v) is 10.6. The molecule has 41 heavy (non-hydrogen) atoms. The summed E-state index contributed by atoms with van der Waals surface area (Å²) in [6.07, 6.45) is 2.05. The maximum atomic E-state index is 13.8. The summed E-state index contributed by atoms with van der Waals surface area (Å²) in [5.41, 5.74) is 10.5. The fourth-order valence-corrected chi connectivity index (χ4v) is 4.68. The van der Waals surface area contributed by atoms with Gasteiger partial charge in [-0.2, -0.15) is 0 Å². The standard InChI is InChI=1S/C33H41F2N3O3/c1-5-7-11-38(4)32(39)26-12-22(3)13-27(18-26)33(40)41-31(21-37-20-24-10-8-9-23(6-2)14-24)30(36)17-25-15-28(34)19-29(35)16-25/h8-10,12-16,18-19,30-31,37H,5-7,11,17,20-21,36H2,1-4H3/t30-,31+/m0/s1. The number of esters is 1. The summed E-state index contributed by atoms with van der Waals surface area (Å²) in [7, 11) is 1.74. The number of benzene rings is 3. The molecule has 0 fully saturated rings. The van der Waals surface area contributed by atoms with Gasteiger partial charge in [-0.15, -0.1) is 0 Å². The molecule has 0 aliphatic heterocycles. The summed E-state index contributed by atoms with van der Waals surface area (Å²) in [6, 6.07) is 15.6. The molecule has 3 aromatic carbocycles. The zero-order chi connectivity index (χ0) is 29.9. The van der Waals surface area contributed by atoms with Crippen LogP contribution in [-0.2, 0) is 24.1 Å². The van der Waals surface area contributed by atoms with Crippen LogP contribution in [0.25, 0.3) is 0 Å². The first kappa shape index (κ1) is 31.9. The zero-order valence-electron chi connectivity index (χ0n) is 24.4. The van der Waals surface area contributed by atoms with Gasteiger partial charge in [0.05, 0.1) is 5.56 Å². The molecule has 3 aromatic rings. The Kier molecular flexibility index (Phi) is 12.0. The lowest BCUT2D eigenvalue weighted by molar-refractivity contribution is 0.0238. The molecule has 220 valence electrons. The van der Waals surface area contributed by atoms with Gasteiger partial charge in [0, 0.05) is 44.4 Å². The first-order valence-electron chi connectivity index (χ1n) is 14.2. The van der Waals surface area contributed by atoms with Crippen LogP contribution in [0, 0.1) is 18.6 Å². The van der Waals surface area contributed by atoms with E-state index in [1.54, 1.807) is 24.1 Å². The molecule has 0 saturated carbocycles. The van der Waals surface area contributed by atoms with Crippen LogP contribution in [0.5, 0.6) is 0 Å². The van der Waals surface area contributed by atoms with E-state index < -0.39 is 29.7 Å². The van der Waals surface area contributed by atoms with Crippen LogP contribution in [0.15, 0.2) is 60.7 Å². The summed E-state index contributed by atoms with van der Waals surface area (Å²) in [5.74, 6) is -2.20. The average molecular weight is 566 g/mol. The molecule has 0 radical (unpaired) electrons. The number of amides is 1. The summed E-state index contributed by atoms with van der Waals surface area (Å²) in [4.78, 5) is 28.0. The number of nitrogens with two attached hydrogens (primary N) is 1. The lowest BCUT2D eigenvalue weighted by atomic mass is 10.0. The van der Waals surface area contributed by atoms with E-state index >= 15 is 0 Å². The number of carbonyl (C=O) groups is 2. The van der Waals surface area contributed by atoms with E-state index in [4.69, 9.17) is 10.5 Å². The van der Waals surface area contributed by atoms with Crippen molar-refractivity contribution in [2.24, 2.45) is 5.73 Å². The van der Waals surface area contributed by atoms with Crippen LogP contribution in [0.4, 0.5) is 8.78 Å². The predicted molar refractivity (Wildman–Crippen MR) is 158 cm³/mol. The number of aryl methyl sites for hydroxylation is 2. The highest BCUT2D eigenvalue weighted by Gasteiger charge is 2.25. The van der Waals surface area contributed by atoms with Crippen LogP contribution >= 0.6 is 0 Å². The third-order valence-corrected chi connectivity index (χ3v) is 6.96. The Morgan fingerprint density at radius 3 is 2.32 bits per heavy atom. The van der Waals surface area contributed by atoms with E-state index in [0.717, 1.165) is 36.5 Å². The molecule has 0 saturated heterocycles. The number of carbonyl (C=O) groups excluding carboxylic acids is 2. The molecule has 1 amide bonds. The highest BCUT2D eigenvalue weighted by molar-refractivity contribution is 5.98. The van der Waals surface area contributed by atoms with Crippen molar-refractivity contribution in [2.45, 2.75) is 65.1 Å². The lowest BCUT2D eigenvalue weighted by Gasteiger charge is -2.25. The molecule has 2 atom stereocenters. The normalized spacial score (nSPS) is 12.6. The molecule has 0 aliphatic rings. The van der Waals surface area contributed by atoms with Gasteiger partial charge < -0.3 is 20.7 Å². The summed E-state index contributed by atoms with van der Waals surface area (Å²) in [6.45, 7) is 7.32. The van der Waals surface area contributed by atoms with Crippen molar-refractivity contribution in [1.29, 1.82) is 0 Å². The van der Waals surface area contributed by atoms with Crippen LogP contribution in [0.1, 0.15) is 69.7 Å². The highest BCUT2D eigenvalue weighted by atomic mass is 19.1. The van der Waals surface area contributed by atoms with Crippen molar-refractivity contribution in [3.8, 4) is 0 Å². The van der Waals surface area contributed by atoms with E-state index in [1.165, 1.54) is 23.8 Å². The first-order valence-corrected chi connectivity index (χ1v) is 14.2.